The summed E-state index contributed by atoms with van der Waals surface area (Å²) in [6, 6.07) is 4.09. The topological polar surface area (TPSA) is 44.5 Å². The first-order valence-corrected chi connectivity index (χ1v) is 8.25. The van der Waals surface area contributed by atoms with Crippen LogP contribution in [0.4, 0.5) is 0 Å². The Kier molecular flexibility index (Phi) is 3.95. The second kappa shape index (κ2) is 5.57. The predicted molar refractivity (Wildman–Crippen MR) is 83.3 cm³/mol. The highest BCUT2D eigenvalue weighted by atomic mass is 79.9. The van der Waals surface area contributed by atoms with E-state index in [2.05, 4.69) is 22.0 Å². The highest BCUT2D eigenvalue weighted by Gasteiger charge is 2.34. The van der Waals surface area contributed by atoms with Crippen LogP contribution >= 0.6 is 15.9 Å². The molecule has 2 aliphatic carbocycles. The molecule has 110 valence electrons. The van der Waals surface area contributed by atoms with Gasteiger partial charge in [0.15, 0.2) is 11.5 Å². The molecule has 0 atom stereocenters. The smallest absolute Gasteiger partial charge is 0.161 e. The minimum Gasteiger partial charge on any atom is -0.493 e. The molecule has 1 aromatic rings. The van der Waals surface area contributed by atoms with E-state index in [-0.39, 0.29) is 5.54 Å². The van der Waals surface area contributed by atoms with Crippen molar-refractivity contribution < 1.29 is 9.47 Å². The van der Waals surface area contributed by atoms with Gasteiger partial charge in [-0.15, -0.1) is 0 Å². The van der Waals surface area contributed by atoms with Crippen LogP contribution in [0.1, 0.15) is 50.5 Å². The normalized spacial score (nSPS) is 21.6. The third-order valence-electron chi connectivity index (χ3n) is 4.63. The number of rotatable bonds is 4. The highest BCUT2D eigenvalue weighted by Crippen LogP contribution is 2.44. The van der Waals surface area contributed by atoms with Crippen LogP contribution in [0.3, 0.4) is 0 Å². The van der Waals surface area contributed by atoms with Crippen LogP contribution in [0.15, 0.2) is 16.6 Å². The monoisotopic (exact) mass is 339 g/mol. The summed E-state index contributed by atoms with van der Waals surface area (Å²) in [5.74, 6) is 1.63. The molecule has 0 bridgehead atoms. The lowest BCUT2D eigenvalue weighted by Crippen LogP contribution is -2.33. The summed E-state index contributed by atoms with van der Waals surface area (Å²) in [5.41, 5.74) is 7.53. The van der Waals surface area contributed by atoms with Crippen LogP contribution in [0.2, 0.25) is 0 Å². The summed E-state index contributed by atoms with van der Waals surface area (Å²) in [7, 11) is 1.68. The van der Waals surface area contributed by atoms with Crippen molar-refractivity contribution in [1.29, 1.82) is 0 Å². The molecule has 4 heteroatoms. The Hall–Kier alpha value is -0.740. The van der Waals surface area contributed by atoms with Gasteiger partial charge in [0.2, 0.25) is 0 Å². The zero-order chi connectivity index (χ0) is 14.2. The van der Waals surface area contributed by atoms with Crippen molar-refractivity contribution >= 4 is 15.9 Å². The number of benzene rings is 1. The molecule has 0 radical (unpaired) electrons. The maximum Gasteiger partial charge on any atom is 0.161 e. The van der Waals surface area contributed by atoms with Crippen molar-refractivity contribution in [3.05, 3.63) is 22.2 Å². The summed E-state index contributed by atoms with van der Waals surface area (Å²) in [6.07, 6.45) is 8.38. The summed E-state index contributed by atoms with van der Waals surface area (Å²) in [5, 5.41) is 0. The Morgan fingerprint density at radius 3 is 2.40 bits per heavy atom. The molecule has 0 heterocycles. The Morgan fingerprint density at radius 1 is 1.15 bits per heavy atom. The SMILES string of the molecule is COc1cc(Br)c(C2(N)CCCC2)cc1OC1CCC1. The van der Waals surface area contributed by atoms with E-state index >= 15 is 0 Å². The van der Waals surface area contributed by atoms with E-state index in [0.29, 0.717) is 6.10 Å². The standard InChI is InChI=1S/C16H22BrNO2/c1-19-14-10-13(17)12(16(18)7-2-3-8-16)9-15(14)20-11-5-4-6-11/h9-11H,2-8,18H2,1H3. The summed E-state index contributed by atoms with van der Waals surface area (Å²) >= 11 is 3.65. The van der Waals surface area contributed by atoms with Gasteiger partial charge in [-0.2, -0.15) is 0 Å². The van der Waals surface area contributed by atoms with Crippen LogP contribution in [-0.4, -0.2) is 13.2 Å². The molecular weight excluding hydrogens is 318 g/mol. The van der Waals surface area contributed by atoms with Crippen molar-refractivity contribution in [2.75, 3.05) is 7.11 Å². The summed E-state index contributed by atoms with van der Waals surface area (Å²) < 4.78 is 12.5. The van der Waals surface area contributed by atoms with E-state index < -0.39 is 0 Å². The lowest BCUT2D eigenvalue weighted by Gasteiger charge is -2.30. The second-order valence-corrected chi connectivity index (χ2v) is 6.87. The maximum atomic E-state index is 6.59. The fourth-order valence-electron chi connectivity index (χ4n) is 3.11. The minimum atomic E-state index is -0.219. The van der Waals surface area contributed by atoms with E-state index in [1.165, 1.54) is 19.3 Å². The largest absolute Gasteiger partial charge is 0.493 e. The third-order valence-corrected chi connectivity index (χ3v) is 5.29. The van der Waals surface area contributed by atoms with Crippen molar-refractivity contribution in [1.82, 2.24) is 0 Å². The van der Waals surface area contributed by atoms with Crippen molar-refractivity contribution in [2.24, 2.45) is 5.73 Å². The van der Waals surface area contributed by atoms with Crippen LogP contribution in [0, 0.1) is 0 Å². The molecule has 0 amide bonds. The first-order chi connectivity index (χ1) is 9.62. The van der Waals surface area contributed by atoms with Crippen LogP contribution in [0.5, 0.6) is 11.5 Å². The molecule has 0 saturated heterocycles. The van der Waals surface area contributed by atoms with E-state index in [4.69, 9.17) is 15.2 Å². The molecule has 2 saturated carbocycles. The average Bonchev–Trinajstić information content (AvgIpc) is 2.82. The van der Waals surface area contributed by atoms with Gasteiger partial charge in [0, 0.05) is 10.0 Å². The Morgan fingerprint density at radius 2 is 1.85 bits per heavy atom. The number of methoxy groups -OCH3 is 1. The Balaban J connectivity index is 1.95. The third kappa shape index (κ3) is 2.56. The summed E-state index contributed by atoms with van der Waals surface area (Å²) in [4.78, 5) is 0. The quantitative estimate of drug-likeness (QED) is 0.897. The first-order valence-electron chi connectivity index (χ1n) is 7.46. The lowest BCUT2D eigenvalue weighted by atomic mass is 9.89. The first kappa shape index (κ1) is 14.2. The Labute approximate surface area is 129 Å². The molecule has 3 rings (SSSR count). The van der Waals surface area contributed by atoms with Gasteiger partial charge in [-0.25, -0.2) is 0 Å². The fraction of sp³-hybridized carbons (Fsp3) is 0.625. The van der Waals surface area contributed by atoms with Crippen molar-refractivity contribution in [3.63, 3.8) is 0 Å². The van der Waals surface area contributed by atoms with E-state index in [1.54, 1.807) is 7.11 Å². The fourth-order valence-corrected chi connectivity index (χ4v) is 3.83. The molecule has 2 fully saturated rings. The van der Waals surface area contributed by atoms with Gasteiger partial charge in [0.1, 0.15) is 0 Å². The number of hydrogen-bond donors (Lipinski definition) is 1. The molecule has 0 aliphatic heterocycles. The van der Waals surface area contributed by atoms with Gasteiger partial charge in [0.05, 0.1) is 13.2 Å². The van der Waals surface area contributed by atoms with Gasteiger partial charge in [-0.1, -0.05) is 28.8 Å². The average molecular weight is 340 g/mol. The van der Waals surface area contributed by atoms with Gasteiger partial charge in [-0.3, -0.25) is 0 Å². The summed E-state index contributed by atoms with van der Waals surface area (Å²) in [6.45, 7) is 0. The van der Waals surface area contributed by atoms with Crippen LogP contribution in [-0.2, 0) is 5.54 Å². The maximum absolute atomic E-state index is 6.59. The minimum absolute atomic E-state index is 0.219. The van der Waals surface area contributed by atoms with Gasteiger partial charge in [-0.05, 0) is 49.8 Å². The highest BCUT2D eigenvalue weighted by molar-refractivity contribution is 9.10. The lowest BCUT2D eigenvalue weighted by molar-refractivity contribution is 0.115. The Bertz CT molecular complexity index is 493. The van der Waals surface area contributed by atoms with E-state index in [9.17, 15) is 0 Å². The molecule has 0 unspecified atom stereocenters. The van der Waals surface area contributed by atoms with Crippen molar-refractivity contribution in [3.8, 4) is 11.5 Å². The zero-order valence-electron chi connectivity index (χ0n) is 12.0. The number of ether oxygens (including phenoxy) is 2. The van der Waals surface area contributed by atoms with E-state index in [0.717, 1.165) is 47.2 Å². The zero-order valence-corrected chi connectivity index (χ0v) is 13.5. The molecule has 2 aliphatic rings. The van der Waals surface area contributed by atoms with Gasteiger partial charge >= 0.3 is 0 Å². The molecule has 1 aromatic carbocycles. The van der Waals surface area contributed by atoms with Crippen LogP contribution < -0.4 is 15.2 Å². The number of hydrogen-bond acceptors (Lipinski definition) is 3. The van der Waals surface area contributed by atoms with Gasteiger partial charge in [0.25, 0.3) is 0 Å². The molecule has 2 N–H and O–H groups in total. The predicted octanol–water partition coefficient (Wildman–Crippen LogP) is 4.12. The number of nitrogens with two attached hydrogens (primary N) is 1. The second-order valence-electron chi connectivity index (χ2n) is 6.02. The van der Waals surface area contributed by atoms with E-state index in [1.807, 2.05) is 6.07 Å². The number of halogens is 1. The molecule has 20 heavy (non-hydrogen) atoms. The van der Waals surface area contributed by atoms with Crippen LogP contribution in [0.25, 0.3) is 0 Å². The molecular formula is C16H22BrNO2. The van der Waals surface area contributed by atoms with Crippen molar-refractivity contribution in [2.45, 2.75) is 56.6 Å². The molecule has 0 aromatic heterocycles. The molecule has 3 nitrogen and oxygen atoms in total. The molecule has 0 spiro atoms. The van der Waals surface area contributed by atoms with Gasteiger partial charge < -0.3 is 15.2 Å².